The maximum Gasteiger partial charge on any atom is 0.251 e. The highest BCUT2D eigenvalue weighted by atomic mass is 16.5. The topological polar surface area (TPSA) is 42.0 Å². The minimum atomic E-state index is -0.349. The van der Waals surface area contributed by atoms with E-state index in [4.69, 9.17) is 9.47 Å². The standard InChI is InChI=1S/C18H32N2O3/c1-15(23-14-17-8-2-5-12-22-17)18(21)20-11-6-7-16(13-20)19-9-3-4-10-19/h15-17H,2-14H2,1H3/t15-,16-,17-/m0/s1. The van der Waals surface area contributed by atoms with Crippen LogP contribution in [0.15, 0.2) is 0 Å². The Morgan fingerprint density at radius 2 is 1.96 bits per heavy atom. The Hall–Kier alpha value is -0.650. The Morgan fingerprint density at radius 1 is 1.13 bits per heavy atom. The van der Waals surface area contributed by atoms with Crippen molar-refractivity contribution in [1.82, 2.24) is 9.80 Å². The molecule has 1 amide bonds. The van der Waals surface area contributed by atoms with Gasteiger partial charge in [-0.05, 0) is 65.0 Å². The average Bonchev–Trinajstić information content (AvgIpc) is 3.15. The van der Waals surface area contributed by atoms with Gasteiger partial charge in [-0.25, -0.2) is 0 Å². The maximum absolute atomic E-state index is 12.7. The molecule has 3 rings (SSSR count). The minimum Gasteiger partial charge on any atom is -0.376 e. The molecule has 0 N–H and O–H groups in total. The highest BCUT2D eigenvalue weighted by Crippen LogP contribution is 2.21. The molecule has 3 heterocycles. The van der Waals surface area contributed by atoms with Gasteiger partial charge in [-0.2, -0.15) is 0 Å². The largest absolute Gasteiger partial charge is 0.376 e. The first-order valence-electron chi connectivity index (χ1n) is 9.50. The Balaban J connectivity index is 1.44. The highest BCUT2D eigenvalue weighted by Gasteiger charge is 2.31. The molecule has 0 aliphatic carbocycles. The molecule has 23 heavy (non-hydrogen) atoms. The average molecular weight is 324 g/mol. The Kier molecular flexibility index (Phi) is 6.31. The quantitative estimate of drug-likeness (QED) is 0.776. The van der Waals surface area contributed by atoms with Crippen LogP contribution in [0.25, 0.3) is 0 Å². The van der Waals surface area contributed by atoms with Crippen LogP contribution < -0.4 is 0 Å². The van der Waals surface area contributed by atoms with Gasteiger partial charge in [-0.15, -0.1) is 0 Å². The highest BCUT2D eigenvalue weighted by molar-refractivity contribution is 5.80. The molecular weight excluding hydrogens is 292 g/mol. The number of hydrogen-bond donors (Lipinski definition) is 0. The monoisotopic (exact) mass is 324 g/mol. The molecule has 0 aromatic carbocycles. The van der Waals surface area contributed by atoms with Crippen LogP contribution in [0.3, 0.4) is 0 Å². The number of carbonyl (C=O) groups is 1. The molecule has 0 saturated carbocycles. The summed E-state index contributed by atoms with van der Waals surface area (Å²) in [6.45, 7) is 7.46. The van der Waals surface area contributed by atoms with Crippen LogP contribution in [-0.2, 0) is 14.3 Å². The van der Waals surface area contributed by atoms with Crippen LogP contribution >= 0.6 is 0 Å². The third kappa shape index (κ3) is 4.68. The van der Waals surface area contributed by atoms with Gasteiger partial charge in [0.2, 0.25) is 0 Å². The maximum atomic E-state index is 12.7. The van der Waals surface area contributed by atoms with Crippen molar-refractivity contribution >= 4 is 5.91 Å². The molecule has 5 heteroatoms. The second-order valence-corrected chi connectivity index (χ2v) is 7.29. The van der Waals surface area contributed by atoms with Crippen LogP contribution in [0.5, 0.6) is 0 Å². The van der Waals surface area contributed by atoms with E-state index in [9.17, 15) is 4.79 Å². The fourth-order valence-electron chi connectivity index (χ4n) is 4.08. The molecule has 3 aliphatic heterocycles. The lowest BCUT2D eigenvalue weighted by atomic mass is 10.0. The van der Waals surface area contributed by atoms with E-state index in [1.54, 1.807) is 0 Å². The molecule has 0 unspecified atom stereocenters. The summed E-state index contributed by atoms with van der Waals surface area (Å²) in [6.07, 6.45) is 8.21. The van der Waals surface area contributed by atoms with Crippen molar-refractivity contribution in [2.45, 2.75) is 70.1 Å². The molecule has 3 atom stereocenters. The summed E-state index contributed by atoms with van der Waals surface area (Å²) in [5.41, 5.74) is 0. The van der Waals surface area contributed by atoms with Gasteiger partial charge in [-0.3, -0.25) is 9.69 Å². The summed E-state index contributed by atoms with van der Waals surface area (Å²) in [5, 5.41) is 0. The van der Waals surface area contributed by atoms with Crippen molar-refractivity contribution in [2.24, 2.45) is 0 Å². The van der Waals surface area contributed by atoms with Gasteiger partial charge in [0.1, 0.15) is 6.10 Å². The Labute approximate surface area is 140 Å². The molecule has 0 aromatic rings. The van der Waals surface area contributed by atoms with Crippen LogP contribution in [-0.4, -0.2) is 73.3 Å². The van der Waals surface area contributed by atoms with E-state index in [2.05, 4.69) is 4.90 Å². The van der Waals surface area contributed by atoms with E-state index in [-0.39, 0.29) is 18.1 Å². The van der Waals surface area contributed by atoms with Gasteiger partial charge in [-0.1, -0.05) is 0 Å². The predicted octanol–water partition coefficient (Wildman–Crippen LogP) is 2.05. The zero-order valence-electron chi connectivity index (χ0n) is 14.5. The molecule has 0 aromatic heterocycles. The molecule has 5 nitrogen and oxygen atoms in total. The minimum absolute atomic E-state index is 0.157. The van der Waals surface area contributed by atoms with Crippen molar-refractivity contribution in [1.29, 1.82) is 0 Å². The molecule has 3 saturated heterocycles. The third-order valence-corrected chi connectivity index (χ3v) is 5.52. The van der Waals surface area contributed by atoms with Gasteiger partial charge >= 0.3 is 0 Å². The smallest absolute Gasteiger partial charge is 0.251 e. The van der Waals surface area contributed by atoms with Gasteiger partial charge in [0.25, 0.3) is 5.91 Å². The number of amides is 1. The van der Waals surface area contributed by atoms with E-state index in [0.717, 1.165) is 39.0 Å². The number of hydrogen-bond acceptors (Lipinski definition) is 4. The molecule has 0 spiro atoms. The number of rotatable bonds is 5. The Bertz CT molecular complexity index is 378. The molecule has 0 radical (unpaired) electrons. The summed E-state index contributed by atoms with van der Waals surface area (Å²) in [4.78, 5) is 17.3. The van der Waals surface area contributed by atoms with Gasteiger partial charge in [0, 0.05) is 25.7 Å². The summed E-state index contributed by atoms with van der Waals surface area (Å²) >= 11 is 0. The zero-order valence-corrected chi connectivity index (χ0v) is 14.5. The van der Waals surface area contributed by atoms with Gasteiger partial charge in [0.05, 0.1) is 12.7 Å². The zero-order chi connectivity index (χ0) is 16.1. The van der Waals surface area contributed by atoms with Crippen molar-refractivity contribution in [3.05, 3.63) is 0 Å². The van der Waals surface area contributed by atoms with E-state index in [0.29, 0.717) is 12.6 Å². The lowest BCUT2D eigenvalue weighted by Crippen LogP contribution is -2.51. The fourth-order valence-corrected chi connectivity index (χ4v) is 4.08. The predicted molar refractivity (Wildman–Crippen MR) is 89.4 cm³/mol. The first kappa shape index (κ1) is 17.2. The summed E-state index contributed by atoms with van der Waals surface area (Å²) in [6, 6.07) is 0.559. The first-order chi connectivity index (χ1) is 11.2. The summed E-state index contributed by atoms with van der Waals surface area (Å²) in [7, 11) is 0. The van der Waals surface area contributed by atoms with Crippen LogP contribution in [0, 0.1) is 0 Å². The molecule has 0 bridgehead atoms. The van der Waals surface area contributed by atoms with E-state index < -0.39 is 0 Å². The first-order valence-corrected chi connectivity index (χ1v) is 9.50. The molecule has 132 valence electrons. The van der Waals surface area contributed by atoms with Crippen molar-refractivity contribution in [3.63, 3.8) is 0 Å². The number of ether oxygens (including phenoxy) is 2. The van der Waals surface area contributed by atoms with Crippen molar-refractivity contribution in [2.75, 3.05) is 39.4 Å². The van der Waals surface area contributed by atoms with E-state index in [1.165, 1.54) is 38.8 Å². The van der Waals surface area contributed by atoms with Gasteiger partial charge < -0.3 is 14.4 Å². The Morgan fingerprint density at radius 3 is 2.70 bits per heavy atom. The molecule has 3 fully saturated rings. The second-order valence-electron chi connectivity index (χ2n) is 7.29. The number of nitrogens with zero attached hydrogens (tertiary/aromatic N) is 2. The van der Waals surface area contributed by atoms with Crippen molar-refractivity contribution in [3.8, 4) is 0 Å². The lowest BCUT2D eigenvalue weighted by molar-refractivity contribution is -0.148. The van der Waals surface area contributed by atoms with E-state index >= 15 is 0 Å². The van der Waals surface area contributed by atoms with Crippen molar-refractivity contribution < 1.29 is 14.3 Å². The summed E-state index contributed by atoms with van der Waals surface area (Å²) in [5.74, 6) is 0.157. The SMILES string of the molecule is C[C@H](OC[C@@H]1CCCCO1)C(=O)N1CCC[C@H](N2CCCC2)C1. The van der Waals surface area contributed by atoms with Crippen LogP contribution in [0.1, 0.15) is 51.9 Å². The fraction of sp³-hybridized carbons (Fsp3) is 0.944. The lowest BCUT2D eigenvalue weighted by Gasteiger charge is -2.38. The summed E-state index contributed by atoms with van der Waals surface area (Å²) < 4.78 is 11.5. The third-order valence-electron chi connectivity index (χ3n) is 5.52. The van der Waals surface area contributed by atoms with Crippen LogP contribution in [0.4, 0.5) is 0 Å². The number of piperidine rings is 1. The molecule has 3 aliphatic rings. The molecular formula is C18H32N2O3. The number of likely N-dealkylation sites (tertiary alicyclic amines) is 2. The number of carbonyl (C=O) groups excluding carboxylic acids is 1. The van der Waals surface area contributed by atoms with Crippen LogP contribution in [0.2, 0.25) is 0 Å². The van der Waals surface area contributed by atoms with E-state index in [1.807, 2.05) is 11.8 Å². The van der Waals surface area contributed by atoms with Gasteiger partial charge in [0.15, 0.2) is 0 Å². The second kappa shape index (κ2) is 8.45. The normalized spacial score (nSPS) is 31.3.